The molecule has 2 rings (SSSR count). The summed E-state index contributed by atoms with van der Waals surface area (Å²) in [4.78, 5) is 34.1. The van der Waals surface area contributed by atoms with E-state index in [2.05, 4.69) is 16.2 Å². The van der Waals surface area contributed by atoms with Crippen LogP contribution < -0.4 is 20.9 Å². The summed E-state index contributed by atoms with van der Waals surface area (Å²) in [7, 11) is 0. The quantitative estimate of drug-likeness (QED) is 0.361. The van der Waals surface area contributed by atoms with Crippen LogP contribution in [0.4, 0.5) is 5.69 Å². The van der Waals surface area contributed by atoms with Gasteiger partial charge in [-0.2, -0.15) is 0 Å². The summed E-state index contributed by atoms with van der Waals surface area (Å²) in [6.07, 6.45) is 0.900. The first-order valence-corrected chi connectivity index (χ1v) is 9.14. The molecule has 0 aliphatic rings. The number of hydrogen-bond acceptors (Lipinski definition) is 6. The van der Waals surface area contributed by atoms with E-state index >= 15 is 0 Å². The van der Waals surface area contributed by atoms with E-state index < -0.39 is 22.4 Å². The van der Waals surface area contributed by atoms with Crippen LogP contribution in [0.25, 0.3) is 0 Å². The predicted octanol–water partition coefficient (Wildman–Crippen LogP) is 2.53. The van der Waals surface area contributed by atoms with Crippen molar-refractivity contribution in [1.29, 1.82) is 0 Å². The van der Waals surface area contributed by atoms with Crippen molar-refractivity contribution in [2.75, 3.05) is 6.61 Å². The van der Waals surface area contributed by atoms with Crippen LogP contribution in [-0.4, -0.2) is 28.5 Å². The van der Waals surface area contributed by atoms with Gasteiger partial charge in [-0.05, 0) is 48.5 Å². The molecule has 2 aromatic carbocycles. The highest BCUT2D eigenvalue weighted by molar-refractivity contribution is 7.80. The van der Waals surface area contributed by atoms with Gasteiger partial charge in [-0.1, -0.05) is 30.7 Å². The molecule has 0 unspecified atom stereocenters. The first-order valence-electron chi connectivity index (χ1n) is 8.36. The summed E-state index contributed by atoms with van der Waals surface area (Å²) in [5.41, 5.74) is 5.34. The smallest absolute Gasteiger partial charge is 0.288 e. The Hall–Kier alpha value is -3.24. The van der Waals surface area contributed by atoms with E-state index in [-0.39, 0.29) is 22.3 Å². The van der Waals surface area contributed by atoms with Gasteiger partial charge in [0.1, 0.15) is 10.8 Å². The zero-order valence-electron chi connectivity index (χ0n) is 15.2. The van der Waals surface area contributed by atoms with Crippen LogP contribution in [0.15, 0.2) is 42.5 Å². The van der Waals surface area contributed by atoms with Gasteiger partial charge in [-0.25, -0.2) is 0 Å². The molecule has 2 amide bonds. The van der Waals surface area contributed by atoms with Gasteiger partial charge in [0.15, 0.2) is 11.7 Å². The fourth-order valence-electron chi connectivity index (χ4n) is 2.13. The molecule has 0 aliphatic heterocycles. The van der Waals surface area contributed by atoms with Crippen molar-refractivity contribution in [2.45, 2.75) is 13.3 Å². The van der Waals surface area contributed by atoms with Crippen LogP contribution in [0, 0.1) is 10.1 Å². The summed E-state index contributed by atoms with van der Waals surface area (Å²) in [5.74, 6) is -0.690. The van der Waals surface area contributed by atoms with Crippen molar-refractivity contribution in [3.05, 3.63) is 68.7 Å². The molecule has 0 bridgehead atoms. The number of hydrazine groups is 1. The maximum Gasteiger partial charge on any atom is 0.288 e. The summed E-state index contributed by atoms with van der Waals surface area (Å²) in [5, 5.41) is 12.9. The second-order valence-corrected chi connectivity index (χ2v) is 6.48. The molecule has 2 aromatic rings. The average molecular weight is 437 g/mol. The molecular weight excluding hydrogens is 420 g/mol. The van der Waals surface area contributed by atoms with E-state index in [1.807, 2.05) is 19.1 Å². The first-order chi connectivity index (χ1) is 13.8. The Morgan fingerprint density at radius 1 is 1.17 bits per heavy atom. The number of nitro benzene ring substituents is 1. The summed E-state index contributed by atoms with van der Waals surface area (Å²) in [6, 6.07) is 10.9. The van der Waals surface area contributed by atoms with Crippen LogP contribution in [0.1, 0.15) is 22.8 Å². The minimum Gasteiger partial charge on any atom is -0.484 e. The third-order valence-corrected chi connectivity index (χ3v) is 4.17. The highest BCUT2D eigenvalue weighted by Crippen LogP contribution is 2.24. The molecular formula is C18H17ClN4O5S. The number of halogens is 1. The molecule has 3 N–H and O–H groups in total. The number of carbonyl (C=O) groups excluding carboxylic acids is 2. The van der Waals surface area contributed by atoms with Gasteiger partial charge in [-0.3, -0.25) is 35.9 Å². The maximum atomic E-state index is 12.1. The van der Waals surface area contributed by atoms with Crippen LogP contribution >= 0.6 is 23.8 Å². The molecule has 29 heavy (non-hydrogen) atoms. The van der Waals surface area contributed by atoms with Crippen molar-refractivity contribution in [1.82, 2.24) is 16.2 Å². The monoisotopic (exact) mass is 436 g/mol. The Kier molecular flexibility index (Phi) is 7.87. The largest absolute Gasteiger partial charge is 0.484 e. The van der Waals surface area contributed by atoms with Crippen LogP contribution in [0.3, 0.4) is 0 Å². The number of nitro groups is 1. The Labute approximate surface area is 176 Å². The minimum atomic E-state index is -0.705. The molecule has 9 nitrogen and oxygen atoms in total. The number of aryl methyl sites for hydroxylation is 1. The van der Waals surface area contributed by atoms with Crippen LogP contribution in [0.2, 0.25) is 5.02 Å². The predicted molar refractivity (Wildman–Crippen MR) is 111 cm³/mol. The number of rotatable bonds is 6. The van der Waals surface area contributed by atoms with E-state index in [1.165, 1.54) is 12.1 Å². The van der Waals surface area contributed by atoms with Crippen molar-refractivity contribution in [3.8, 4) is 5.75 Å². The second kappa shape index (κ2) is 10.3. The lowest BCUT2D eigenvalue weighted by Crippen LogP contribution is -2.49. The Morgan fingerprint density at radius 3 is 2.48 bits per heavy atom. The average Bonchev–Trinajstić information content (AvgIpc) is 2.71. The number of amides is 2. The van der Waals surface area contributed by atoms with Crippen LogP contribution in [-0.2, 0) is 11.2 Å². The van der Waals surface area contributed by atoms with E-state index in [1.54, 1.807) is 12.1 Å². The summed E-state index contributed by atoms with van der Waals surface area (Å²) in [6.45, 7) is 1.77. The van der Waals surface area contributed by atoms with Gasteiger partial charge in [0.25, 0.3) is 17.5 Å². The second-order valence-electron chi connectivity index (χ2n) is 5.67. The van der Waals surface area contributed by atoms with Gasteiger partial charge in [0, 0.05) is 11.6 Å². The number of carbonyl (C=O) groups is 2. The SMILES string of the molecule is CCc1ccc(OCC(=O)NNC(=S)NC(=O)c2ccc(Cl)c([N+](=O)[O-])c2)cc1. The zero-order valence-corrected chi connectivity index (χ0v) is 16.8. The van der Waals surface area contributed by atoms with Crippen molar-refractivity contribution >= 4 is 46.4 Å². The lowest BCUT2D eigenvalue weighted by Gasteiger charge is -2.11. The number of nitrogens with zero attached hydrogens (tertiary/aromatic N) is 1. The maximum absolute atomic E-state index is 12.1. The van der Waals surface area contributed by atoms with E-state index in [0.717, 1.165) is 18.1 Å². The number of ether oxygens (including phenoxy) is 1. The van der Waals surface area contributed by atoms with Crippen molar-refractivity contribution < 1.29 is 19.2 Å². The molecule has 11 heteroatoms. The molecule has 0 atom stereocenters. The van der Waals surface area contributed by atoms with Gasteiger partial charge in [0.2, 0.25) is 0 Å². The number of hydrogen-bond donors (Lipinski definition) is 3. The number of benzene rings is 2. The molecule has 0 spiro atoms. The highest BCUT2D eigenvalue weighted by Gasteiger charge is 2.17. The van der Waals surface area contributed by atoms with E-state index in [4.69, 9.17) is 28.6 Å². The van der Waals surface area contributed by atoms with Crippen molar-refractivity contribution in [2.24, 2.45) is 0 Å². The molecule has 0 fully saturated rings. The molecule has 152 valence electrons. The topological polar surface area (TPSA) is 123 Å². The van der Waals surface area contributed by atoms with Crippen LogP contribution in [0.5, 0.6) is 5.75 Å². The van der Waals surface area contributed by atoms with E-state index in [9.17, 15) is 19.7 Å². The molecule has 0 radical (unpaired) electrons. The first kappa shape index (κ1) is 22.1. The lowest BCUT2D eigenvalue weighted by atomic mass is 10.2. The standard InChI is InChI=1S/C18H17ClN4O5S/c1-2-11-3-6-13(7-4-11)28-10-16(24)21-22-18(29)20-17(25)12-5-8-14(19)15(9-12)23(26)27/h3-9H,2,10H2,1H3,(H,21,24)(H2,20,22,25,29). The lowest BCUT2D eigenvalue weighted by molar-refractivity contribution is -0.384. The van der Waals surface area contributed by atoms with Gasteiger partial charge >= 0.3 is 0 Å². The normalized spacial score (nSPS) is 10.0. The Morgan fingerprint density at radius 2 is 1.86 bits per heavy atom. The molecule has 0 heterocycles. The molecule has 0 aliphatic carbocycles. The zero-order chi connectivity index (χ0) is 21.4. The van der Waals surface area contributed by atoms with E-state index in [0.29, 0.717) is 5.75 Å². The Bertz CT molecular complexity index is 936. The third kappa shape index (κ3) is 6.70. The number of nitrogens with one attached hydrogen (secondary N) is 3. The summed E-state index contributed by atoms with van der Waals surface area (Å²) < 4.78 is 5.34. The van der Waals surface area contributed by atoms with Gasteiger partial charge in [-0.15, -0.1) is 0 Å². The molecule has 0 aromatic heterocycles. The van der Waals surface area contributed by atoms with Crippen molar-refractivity contribution in [3.63, 3.8) is 0 Å². The molecule has 0 saturated heterocycles. The highest BCUT2D eigenvalue weighted by atomic mass is 35.5. The number of thiocarbonyl (C=S) groups is 1. The van der Waals surface area contributed by atoms with Gasteiger partial charge in [0.05, 0.1) is 4.92 Å². The Balaban J connectivity index is 1.79. The van der Waals surface area contributed by atoms with Gasteiger partial charge < -0.3 is 4.74 Å². The molecule has 0 saturated carbocycles. The fourth-order valence-corrected chi connectivity index (χ4v) is 2.46. The third-order valence-electron chi connectivity index (χ3n) is 3.65. The fraction of sp³-hybridized carbons (Fsp3) is 0.167. The minimum absolute atomic E-state index is 0.0181. The summed E-state index contributed by atoms with van der Waals surface area (Å²) >= 11 is 10.6.